The Morgan fingerprint density at radius 1 is 1.50 bits per heavy atom. The van der Waals surface area contributed by atoms with Crippen molar-refractivity contribution in [2.75, 3.05) is 0 Å². The van der Waals surface area contributed by atoms with Gasteiger partial charge < -0.3 is 5.73 Å². The number of hydrogen-bond acceptors (Lipinski definition) is 2. The van der Waals surface area contributed by atoms with Crippen molar-refractivity contribution in [1.29, 1.82) is 0 Å². The smallest absolute Gasteiger partial charge is 0.0372 e. The van der Waals surface area contributed by atoms with Gasteiger partial charge in [0.1, 0.15) is 0 Å². The van der Waals surface area contributed by atoms with Gasteiger partial charge in [0.25, 0.3) is 0 Å². The molecule has 1 rings (SSSR count). The standard InChI is InChI=1S/C10H16N2/c1-8(11)3-5-10-6-4-9(2)12-7-10/h4,6-8H,3,5,11H2,1-2H3/t8-/m0/s1. The lowest BCUT2D eigenvalue weighted by molar-refractivity contribution is 0.665. The first kappa shape index (κ1) is 9.20. The van der Waals surface area contributed by atoms with Crippen LogP contribution in [0.2, 0.25) is 0 Å². The first-order valence-electron chi connectivity index (χ1n) is 4.35. The van der Waals surface area contributed by atoms with Gasteiger partial charge in [-0.1, -0.05) is 6.07 Å². The molecule has 0 radical (unpaired) electrons. The molecule has 0 fully saturated rings. The molecule has 0 aliphatic rings. The highest BCUT2D eigenvalue weighted by Gasteiger charge is 1.96. The second-order valence-corrected chi connectivity index (χ2v) is 3.32. The van der Waals surface area contributed by atoms with Gasteiger partial charge in [0.15, 0.2) is 0 Å². The first-order chi connectivity index (χ1) is 5.68. The van der Waals surface area contributed by atoms with Crippen molar-refractivity contribution in [3.63, 3.8) is 0 Å². The van der Waals surface area contributed by atoms with Crippen LogP contribution in [-0.4, -0.2) is 11.0 Å². The van der Waals surface area contributed by atoms with Crippen LogP contribution in [0.1, 0.15) is 24.6 Å². The normalized spacial score (nSPS) is 12.9. The first-order valence-corrected chi connectivity index (χ1v) is 4.35. The summed E-state index contributed by atoms with van der Waals surface area (Å²) in [6.45, 7) is 4.02. The SMILES string of the molecule is Cc1ccc(CC[C@H](C)N)cn1. The fourth-order valence-corrected chi connectivity index (χ4v) is 1.04. The van der Waals surface area contributed by atoms with Crippen LogP contribution in [0.25, 0.3) is 0 Å². The van der Waals surface area contributed by atoms with Crippen LogP contribution in [0.3, 0.4) is 0 Å². The number of rotatable bonds is 3. The van der Waals surface area contributed by atoms with Gasteiger partial charge in [-0.2, -0.15) is 0 Å². The summed E-state index contributed by atoms with van der Waals surface area (Å²) in [6, 6.07) is 4.44. The number of pyridine rings is 1. The highest BCUT2D eigenvalue weighted by molar-refractivity contribution is 5.13. The Hall–Kier alpha value is -0.890. The Labute approximate surface area is 73.8 Å². The summed E-state index contributed by atoms with van der Waals surface area (Å²) < 4.78 is 0. The van der Waals surface area contributed by atoms with Gasteiger partial charge >= 0.3 is 0 Å². The Bertz CT molecular complexity index is 226. The van der Waals surface area contributed by atoms with Crippen molar-refractivity contribution in [2.45, 2.75) is 32.7 Å². The van der Waals surface area contributed by atoms with Crippen LogP contribution in [-0.2, 0) is 6.42 Å². The third kappa shape index (κ3) is 3.01. The second kappa shape index (κ2) is 4.21. The molecule has 1 aromatic heterocycles. The molecule has 0 saturated carbocycles. The molecular weight excluding hydrogens is 148 g/mol. The molecule has 1 aromatic rings. The van der Waals surface area contributed by atoms with Crippen molar-refractivity contribution >= 4 is 0 Å². The zero-order valence-electron chi connectivity index (χ0n) is 7.75. The average molecular weight is 164 g/mol. The Morgan fingerprint density at radius 3 is 2.75 bits per heavy atom. The number of aryl methyl sites for hydroxylation is 2. The summed E-state index contributed by atoms with van der Waals surface area (Å²) in [6.07, 6.45) is 3.99. The summed E-state index contributed by atoms with van der Waals surface area (Å²) in [5.41, 5.74) is 7.99. The maximum atomic E-state index is 5.65. The zero-order chi connectivity index (χ0) is 8.97. The summed E-state index contributed by atoms with van der Waals surface area (Å²) in [5.74, 6) is 0. The maximum absolute atomic E-state index is 5.65. The third-order valence-corrected chi connectivity index (χ3v) is 1.86. The van der Waals surface area contributed by atoms with Gasteiger partial charge in [-0.3, -0.25) is 4.98 Å². The molecule has 0 spiro atoms. The van der Waals surface area contributed by atoms with Crippen LogP contribution in [0, 0.1) is 6.92 Å². The number of aromatic nitrogens is 1. The summed E-state index contributed by atoms with van der Waals surface area (Å²) in [7, 11) is 0. The van der Waals surface area contributed by atoms with Crippen LogP contribution in [0.5, 0.6) is 0 Å². The molecule has 2 N–H and O–H groups in total. The second-order valence-electron chi connectivity index (χ2n) is 3.32. The van der Waals surface area contributed by atoms with Crippen LogP contribution >= 0.6 is 0 Å². The van der Waals surface area contributed by atoms with E-state index in [1.807, 2.05) is 26.1 Å². The van der Waals surface area contributed by atoms with Gasteiger partial charge in [0, 0.05) is 17.9 Å². The van der Waals surface area contributed by atoms with Crippen molar-refractivity contribution in [2.24, 2.45) is 5.73 Å². The van der Waals surface area contributed by atoms with Crippen LogP contribution < -0.4 is 5.73 Å². The van der Waals surface area contributed by atoms with E-state index >= 15 is 0 Å². The monoisotopic (exact) mass is 164 g/mol. The Morgan fingerprint density at radius 2 is 2.25 bits per heavy atom. The van der Waals surface area contributed by atoms with Crippen LogP contribution in [0.15, 0.2) is 18.3 Å². The molecule has 2 heteroatoms. The fraction of sp³-hybridized carbons (Fsp3) is 0.500. The highest BCUT2D eigenvalue weighted by atomic mass is 14.7. The van der Waals surface area contributed by atoms with Gasteiger partial charge in [-0.15, -0.1) is 0 Å². The van der Waals surface area contributed by atoms with Crippen molar-refractivity contribution in [1.82, 2.24) is 4.98 Å². The Balaban J connectivity index is 2.48. The minimum Gasteiger partial charge on any atom is -0.328 e. The predicted molar refractivity (Wildman–Crippen MR) is 50.9 cm³/mol. The summed E-state index contributed by atoms with van der Waals surface area (Å²) in [5, 5.41) is 0. The van der Waals surface area contributed by atoms with Gasteiger partial charge in [0.2, 0.25) is 0 Å². The van der Waals surface area contributed by atoms with Crippen molar-refractivity contribution in [3.8, 4) is 0 Å². The summed E-state index contributed by atoms with van der Waals surface area (Å²) in [4.78, 5) is 4.22. The zero-order valence-corrected chi connectivity index (χ0v) is 7.75. The van der Waals surface area contributed by atoms with E-state index in [9.17, 15) is 0 Å². The lowest BCUT2D eigenvalue weighted by Gasteiger charge is -2.04. The topological polar surface area (TPSA) is 38.9 Å². The van der Waals surface area contributed by atoms with Crippen molar-refractivity contribution < 1.29 is 0 Å². The summed E-state index contributed by atoms with van der Waals surface area (Å²) >= 11 is 0. The molecule has 2 nitrogen and oxygen atoms in total. The number of nitrogens with two attached hydrogens (primary N) is 1. The van der Waals surface area contributed by atoms with Crippen LogP contribution in [0.4, 0.5) is 0 Å². The maximum Gasteiger partial charge on any atom is 0.0372 e. The van der Waals surface area contributed by atoms with E-state index in [4.69, 9.17) is 5.73 Å². The number of nitrogens with zero attached hydrogens (tertiary/aromatic N) is 1. The van der Waals surface area contributed by atoms with E-state index in [-0.39, 0.29) is 6.04 Å². The molecule has 0 saturated heterocycles. The van der Waals surface area contributed by atoms with E-state index < -0.39 is 0 Å². The fourth-order valence-electron chi connectivity index (χ4n) is 1.04. The Kier molecular flexibility index (Phi) is 3.23. The molecule has 1 heterocycles. The molecule has 0 unspecified atom stereocenters. The molecule has 0 aliphatic carbocycles. The van der Waals surface area contributed by atoms with E-state index in [0.29, 0.717) is 0 Å². The van der Waals surface area contributed by atoms with Crippen molar-refractivity contribution in [3.05, 3.63) is 29.6 Å². The molecular formula is C10H16N2. The predicted octanol–water partition coefficient (Wildman–Crippen LogP) is 1.67. The number of hydrogen-bond donors (Lipinski definition) is 1. The molecule has 0 amide bonds. The van der Waals surface area contributed by atoms with E-state index in [1.165, 1.54) is 5.56 Å². The minimum atomic E-state index is 0.284. The molecule has 12 heavy (non-hydrogen) atoms. The van der Waals surface area contributed by atoms with Gasteiger partial charge in [0.05, 0.1) is 0 Å². The van der Waals surface area contributed by atoms with Gasteiger partial charge in [-0.25, -0.2) is 0 Å². The van der Waals surface area contributed by atoms with E-state index in [1.54, 1.807) is 0 Å². The lowest BCUT2D eigenvalue weighted by atomic mass is 10.1. The molecule has 66 valence electrons. The highest BCUT2D eigenvalue weighted by Crippen LogP contribution is 2.03. The molecule has 0 bridgehead atoms. The van der Waals surface area contributed by atoms with E-state index in [0.717, 1.165) is 18.5 Å². The lowest BCUT2D eigenvalue weighted by Crippen LogP contribution is -2.15. The quantitative estimate of drug-likeness (QED) is 0.738. The minimum absolute atomic E-state index is 0.284. The largest absolute Gasteiger partial charge is 0.328 e. The average Bonchev–Trinajstić information content (AvgIpc) is 2.03. The molecule has 1 atom stereocenters. The molecule has 0 aromatic carbocycles. The third-order valence-electron chi connectivity index (χ3n) is 1.86. The molecule has 0 aliphatic heterocycles. The van der Waals surface area contributed by atoms with E-state index in [2.05, 4.69) is 11.1 Å². The van der Waals surface area contributed by atoms with Gasteiger partial charge in [-0.05, 0) is 38.3 Å².